The van der Waals surface area contributed by atoms with E-state index >= 15 is 0 Å². The van der Waals surface area contributed by atoms with Crippen LogP contribution in [0.15, 0.2) is 60.8 Å². The van der Waals surface area contributed by atoms with Crippen molar-refractivity contribution >= 4 is 36.7 Å². The molecule has 0 fully saturated rings. The van der Waals surface area contributed by atoms with Gasteiger partial charge in [-0.2, -0.15) is 4.89 Å². The van der Waals surface area contributed by atoms with Gasteiger partial charge in [-0.1, -0.05) is 62.4 Å². The molecule has 0 aliphatic carbocycles. The maximum atomic E-state index is 13.3. The Kier molecular flexibility index (Phi) is 9.54. The van der Waals surface area contributed by atoms with Crippen molar-refractivity contribution in [3.8, 4) is 0 Å². The fourth-order valence-corrected chi connectivity index (χ4v) is 4.21. The van der Waals surface area contributed by atoms with E-state index in [0.717, 1.165) is 33.0 Å². The van der Waals surface area contributed by atoms with Crippen LogP contribution in [0.25, 0.3) is 10.9 Å². The van der Waals surface area contributed by atoms with E-state index in [0.29, 0.717) is 0 Å². The number of carbonyl (C=O) groups excluding carboxylic acids is 1. The van der Waals surface area contributed by atoms with Crippen LogP contribution in [-0.4, -0.2) is 49.9 Å². The second-order valence-corrected chi connectivity index (χ2v) is 9.48. The first-order valence-corrected chi connectivity index (χ1v) is 12.6. The van der Waals surface area contributed by atoms with Crippen molar-refractivity contribution in [3.63, 3.8) is 0 Å². The molecule has 0 aliphatic rings. The number of carboxylic acids is 1. The lowest BCUT2D eigenvalue weighted by Gasteiger charge is -2.28. The number of rotatable bonds is 12. The van der Waals surface area contributed by atoms with Gasteiger partial charge in [0.05, 0.1) is 6.61 Å². The van der Waals surface area contributed by atoms with Gasteiger partial charge < -0.3 is 20.3 Å². The van der Waals surface area contributed by atoms with Crippen molar-refractivity contribution < 1.29 is 29.3 Å². The summed E-state index contributed by atoms with van der Waals surface area (Å²) in [6.45, 7) is 3.87. The number of fused-ring (bicyclic) bond motifs is 1. The lowest BCUT2D eigenvalue weighted by molar-refractivity contribution is -0.173. The Balaban J connectivity index is 1.81. The summed E-state index contributed by atoms with van der Waals surface area (Å²) in [5.74, 6) is -0.816. The van der Waals surface area contributed by atoms with Crippen LogP contribution in [0.2, 0.25) is 0 Å². The summed E-state index contributed by atoms with van der Waals surface area (Å²) in [4.78, 5) is 55.4. The Bertz CT molecular complexity index is 1160. The predicted octanol–water partition coefficient (Wildman–Crippen LogP) is 2.55. The van der Waals surface area contributed by atoms with Crippen LogP contribution in [0.3, 0.4) is 0 Å². The molecule has 1 aromatic heterocycles. The van der Waals surface area contributed by atoms with Crippen LogP contribution < -0.4 is 10.2 Å². The van der Waals surface area contributed by atoms with E-state index in [1.54, 1.807) is 6.20 Å². The Morgan fingerprint density at radius 3 is 2.51 bits per heavy atom. The van der Waals surface area contributed by atoms with Crippen molar-refractivity contribution in [1.82, 2.24) is 15.4 Å². The number of hydroxylamine groups is 2. The number of benzene rings is 2. The molecular weight excluding hydrogens is 469 g/mol. The number of hydrogen-bond acceptors (Lipinski definition) is 5. The molecule has 1 unspecified atom stereocenters. The first kappa shape index (κ1) is 26.5. The average Bonchev–Trinajstić information content (AvgIpc) is 3.23. The van der Waals surface area contributed by atoms with Gasteiger partial charge in [-0.25, -0.2) is 4.79 Å². The normalized spacial score (nSPS) is 13.8. The summed E-state index contributed by atoms with van der Waals surface area (Å²) in [5, 5.41) is 14.4. The molecule has 0 radical (unpaired) electrons. The summed E-state index contributed by atoms with van der Waals surface area (Å²) in [6.07, 6.45) is 2.08. The quantitative estimate of drug-likeness (QED) is 0.222. The fourth-order valence-electron chi connectivity index (χ4n) is 3.79. The number of amides is 1. The minimum absolute atomic E-state index is 0.0236. The smallest absolute Gasteiger partial charge is 0.326 e. The van der Waals surface area contributed by atoms with Gasteiger partial charge in [0.25, 0.3) is 0 Å². The number of carboxylic acid groups (broad SMARTS) is 1. The molecule has 3 atom stereocenters. The Morgan fingerprint density at radius 1 is 1.17 bits per heavy atom. The molecule has 0 spiro atoms. The van der Waals surface area contributed by atoms with Gasteiger partial charge in [0.2, 0.25) is 19.8 Å². The molecule has 0 saturated carbocycles. The maximum absolute atomic E-state index is 13.3. The first-order valence-electron chi connectivity index (χ1n) is 11.3. The average molecular weight is 500 g/mol. The molecule has 1 heterocycles. The van der Waals surface area contributed by atoms with Gasteiger partial charge in [0, 0.05) is 23.5 Å². The molecule has 2 aromatic carbocycles. The highest BCUT2D eigenvalue weighted by molar-refractivity contribution is 7.43. The number of H-pyrrole nitrogens is 1. The Hall–Kier alpha value is -3.07. The van der Waals surface area contributed by atoms with E-state index in [-0.39, 0.29) is 25.4 Å². The number of nitrogens with zero attached hydrogens (tertiary/aromatic N) is 1. The molecular formula is C25H30N3O6P. The lowest BCUT2D eigenvalue weighted by Crippen LogP contribution is -2.52. The van der Waals surface area contributed by atoms with Crippen molar-refractivity contribution in [2.75, 3.05) is 0 Å². The molecule has 3 rings (SSSR count). The molecule has 10 heteroatoms. The number of aromatic nitrogens is 1. The van der Waals surface area contributed by atoms with Crippen LogP contribution in [0.5, 0.6) is 0 Å². The Labute approximate surface area is 204 Å². The van der Waals surface area contributed by atoms with Crippen LogP contribution >= 0.6 is 8.00 Å². The van der Waals surface area contributed by atoms with Gasteiger partial charge >= 0.3 is 5.97 Å². The van der Waals surface area contributed by atoms with Gasteiger partial charge in [-0.3, -0.25) is 9.63 Å². The third-order valence-electron chi connectivity index (χ3n) is 5.45. The Morgan fingerprint density at radius 2 is 1.86 bits per heavy atom. The number of aliphatic carboxylic acids is 1. The molecule has 0 aliphatic heterocycles. The minimum Gasteiger partial charge on any atom is -0.602 e. The van der Waals surface area contributed by atoms with Crippen molar-refractivity contribution in [2.45, 2.75) is 45.4 Å². The zero-order valence-corrected chi connectivity index (χ0v) is 20.5. The molecule has 1 amide bonds. The number of hydrogen-bond donors (Lipinski definition) is 4. The zero-order chi connectivity index (χ0) is 25.4. The molecule has 35 heavy (non-hydrogen) atoms. The summed E-state index contributed by atoms with van der Waals surface area (Å²) < 4.78 is 0. The minimum atomic E-state index is -2.76. The fraction of sp³-hybridized carbons (Fsp3) is 0.320. The highest BCUT2D eigenvalue weighted by atomic mass is 31.1. The highest BCUT2D eigenvalue weighted by Gasteiger charge is 2.32. The monoisotopic (exact) mass is 499 g/mol. The number of para-hydroxylation sites is 1. The highest BCUT2D eigenvalue weighted by Crippen LogP contribution is 2.20. The van der Waals surface area contributed by atoms with Crippen molar-refractivity contribution in [1.29, 1.82) is 0 Å². The molecule has 0 saturated heterocycles. The van der Waals surface area contributed by atoms with E-state index < -0.39 is 32.0 Å². The lowest BCUT2D eigenvalue weighted by atomic mass is 10.0. The van der Waals surface area contributed by atoms with E-state index in [1.807, 2.05) is 68.4 Å². The molecule has 9 nitrogen and oxygen atoms in total. The van der Waals surface area contributed by atoms with Crippen molar-refractivity contribution in [3.05, 3.63) is 71.9 Å². The number of carbonyl (C=O) groups is 2. The van der Waals surface area contributed by atoms with Gasteiger partial charge in [0.1, 0.15) is 12.1 Å². The standard InChI is InChI=1S/C25H30N3O6P/c1-17(2)12-23(28(16-35(32)33)34-15-18-8-4-3-5-9-18)24(29)27-22(25(30)31)13-19-14-26-21-11-7-6-10-20(19)21/h3-11,14,16-17,22-23,26H,12-13,15H2,1-2H3,(H,27,29)(H,30,31)(H,32,33)/t22-,23-/m0/s1. The van der Waals surface area contributed by atoms with Crippen LogP contribution in [0.4, 0.5) is 0 Å². The zero-order valence-electron chi connectivity index (χ0n) is 19.6. The molecule has 0 bridgehead atoms. The molecule has 186 valence electrons. The summed E-state index contributed by atoms with van der Waals surface area (Å²) >= 11 is 0. The molecule has 4 N–H and O–H groups in total. The van der Waals surface area contributed by atoms with Crippen LogP contribution in [0.1, 0.15) is 31.4 Å². The third kappa shape index (κ3) is 7.71. The second-order valence-electron chi connectivity index (χ2n) is 8.65. The largest absolute Gasteiger partial charge is 0.602 e. The van der Waals surface area contributed by atoms with E-state index in [4.69, 9.17) is 4.84 Å². The summed E-state index contributed by atoms with van der Waals surface area (Å²) in [5.41, 5.74) is 2.44. The first-order chi connectivity index (χ1) is 16.7. The predicted molar refractivity (Wildman–Crippen MR) is 133 cm³/mol. The van der Waals surface area contributed by atoms with Crippen molar-refractivity contribution in [2.24, 2.45) is 5.92 Å². The molecule has 3 aromatic rings. The van der Waals surface area contributed by atoms with Gasteiger partial charge in [-0.05, 0) is 29.5 Å². The summed E-state index contributed by atoms with van der Waals surface area (Å²) in [7, 11) is -2.76. The third-order valence-corrected chi connectivity index (χ3v) is 5.88. The van der Waals surface area contributed by atoms with Crippen LogP contribution in [0, 0.1) is 5.92 Å². The SMILES string of the molecule is CC(C)C[C@@H](C(=O)N[C@@H](Cc1c[nH]c2ccccc12)C(=O)O)N(C=[P+]([O-])O)OCc1ccccc1. The topological polar surface area (TPSA) is 138 Å². The van der Waals surface area contributed by atoms with E-state index in [1.165, 1.54) is 0 Å². The summed E-state index contributed by atoms with van der Waals surface area (Å²) in [6, 6.07) is 14.5. The van der Waals surface area contributed by atoms with E-state index in [2.05, 4.69) is 10.3 Å². The van der Waals surface area contributed by atoms with Gasteiger partial charge in [-0.15, -0.1) is 5.06 Å². The number of aromatic amines is 1. The van der Waals surface area contributed by atoms with E-state index in [9.17, 15) is 24.5 Å². The number of nitrogens with one attached hydrogen (secondary N) is 2. The second kappa shape index (κ2) is 12.6. The van der Waals surface area contributed by atoms with Crippen LogP contribution in [-0.2, 0) is 27.5 Å². The maximum Gasteiger partial charge on any atom is 0.326 e. The van der Waals surface area contributed by atoms with Gasteiger partial charge in [0.15, 0.2) is 0 Å².